The van der Waals surface area contributed by atoms with Crippen molar-refractivity contribution in [2.24, 2.45) is 5.73 Å². The first-order valence-electron chi connectivity index (χ1n) is 5.42. The number of fused-ring (bicyclic) bond motifs is 1. The van der Waals surface area contributed by atoms with Crippen LogP contribution in [0.25, 0.3) is 20.7 Å². The van der Waals surface area contributed by atoms with Crippen LogP contribution < -0.4 is 5.73 Å². The molecule has 1 aromatic carbocycles. The molecule has 0 saturated heterocycles. The molecule has 0 saturated carbocycles. The van der Waals surface area contributed by atoms with Gasteiger partial charge in [-0.2, -0.15) is 0 Å². The number of thiazole rings is 1. The van der Waals surface area contributed by atoms with Gasteiger partial charge in [0, 0.05) is 32.5 Å². The number of benzene rings is 1. The maximum absolute atomic E-state index is 5.70. The lowest BCUT2D eigenvalue weighted by molar-refractivity contribution is 1.06. The van der Waals surface area contributed by atoms with Crippen LogP contribution in [0.15, 0.2) is 29.6 Å². The van der Waals surface area contributed by atoms with Crippen molar-refractivity contribution in [3.63, 3.8) is 0 Å². The van der Waals surface area contributed by atoms with Gasteiger partial charge in [-0.1, -0.05) is 18.2 Å². The van der Waals surface area contributed by atoms with Crippen molar-refractivity contribution in [1.29, 1.82) is 0 Å². The molecule has 3 rings (SSSR count). The zero-order chi connectivity index (χ0) is 11.8. The van der Waals surface area contributed by atoms with E-state index in [0.717, 1.165) is 10.7 Å². The standard InChI is InChI=1S/C13H12N2S2/c1-8-12(6-14)17-13(15-8)10-7-16-11-5-3-2-4-9(10)11/h2-5,7H,6,14H2,1H3. The fourth-order valence-electron chi connectivity index (χ4n) is 1.88. The third-order valence-corrected chi connectivity index (χ3v) is 4.97. The topological polar surface area (TPSA) is 38.9 Å². The summed E-state index contributed by atoms with van der Waals surface area (Å²) < 4.78 is 1.31. The summed E-state index contributed by atoms with van der Waals surface area (Å²) in [7, 11) is 0. The lowest BCUT2D eigenvalue weighted by Crippen LogP contribution is -1.94. The molecule has 0 atom stereocenters. The molecule has 2 aromatic heterocycles. The Balaban J connectivity index is 2.20. The predicted molar refractivity (Wildman–Crippen MR) is 75.6 cm³/mol. The van der Waals surface area contributed by atoms with Crippen LogP contribution in [-0.4, -0.2) is 4.98 Å². The van der Waals surface area contributed by atoms with Gasteiger partial charge in [-0.05, 0) is 13.0 Å². The van der Waals surface area contributed by atoms with Gasteiger partial charge in [0.1, 0.15) is 5.01 Å². The Bertz CT molecular complexity index is 667. The first-order chi connectivity index (χ1) is 8.29. The monoisotopic (exact) mass is 260 g/mol. The summed E-state index contributed by atoms with van der Waals surface area (Å²) in [5, 5.41) is 4.55. The Morgan fingerprint density at radius 3 is 2.88 bits per heavy atom. The second-order valence-corrected chi connectivity index (χ2v) is 5.87. The summed E-state index contributed by atoms with van der Waals surface area (Å²) in [6.07, 6.45) is 0. The van der Waals surface area contributed by atoms with Gasteiger partial charge in [-0.3, -0.25) is 0 Å². The molecule has 0 aliphatic heterocycles. The maximum Gasteiger partial charge on any atom is 0.125 e. The fraction of sp³-hybridized carbons (Fsp3) is 0.154. The van der Waals surface area contributed by atoms with Gasteiger partial charge in [0.05, 0.1) is 5.69 Å². The third kappa shape index (κ3) is 1.78. The summed E-state index contributed by atoms with van der Waals surface area (Å²) in [5.41, 5.74) is 8.00. The van der Waals surface area contributed by atoms with Crippen LogP contribution in [0.5, 0.6) is 0 Å². The molecule has 3 aromatic rings. The molecule has 0 bridgehead atoms. The second kappa shape index (κ2) is 4.22. The van der Waals surface area contributed by atoms with Crippen LogP contribution >= 0.6 is 22.7 Å². The number of hydrogen-bond donors (Lipinski definition) is 1. The van der Waals surface area contributed by atoms with E-state index in [1.165, 1.54) is 20.5 Å². The number of aryl methyl sites for hydroxylation is 1. The maximum atomic E-state index is 5.70. The molecule has 0 spiro atoms. The third-order valence-electron chi connectivity index (χ3n) is 2.79. The summed E-state index contributed by atoms with van der Waals surface area (Å²) in [6.45, 7) is 2.60. The van der Waals surface area contributed by atoms with Crippen LogP contribution in [0, 0.1) is 6.92 Å². The minimum absolute atomic E-state index is 0.575. The molecule has 0 amide bonds. The van der Waals surface area contributed by atoms with Crippen molar-refractivity contribution >= 4 is 32.8 Å². The van der Waals surface area contributed by atoms with Crippen molar-refractivity contribution in [2.45, 2.75) is 13.5 Å². The van der Waals surface area contributed by atoms with Crippen molar-refractivity contribution in [2.75, 3.05) is 0 Å². The molecular weight excluding hydrogens is 248 g/mol. The van der Waals surface area contributed by atoms with E-state index in [1.54, 1.807) is 22.7 Å². The quantitative estimate of drug-likeness (QED) is 0.761. The molecule has 17 heavy (non-hydrogen) atoms. The van der Waals surface area contributed by atoms with Crippen molar-refractivity contribution in [1.82, 2.24) is 4.98 Å². The molecule has 2 nitrogen and oxygen atoms in total. The number of nitrogens with zero attached hydrogens (tertiary/aromatic N) is 1. The van der Waals surface area contributed by atoms with E-state index in [0.29, 0.717) is 6.54 Å². The zero-order valence-electron chi connectivity index (χ0n) is 9.43. The van der Waals surface area contributed by atoms with E-state index < -0.39 is 0 Å². The van der Waals surface area contributed by atoms with Gasteiger partial charge >= 0.3 is 0 Å². The minimum atomic E-state index is 0.575. The van der Waals surface area contributed by atoms with Crippen LogP contribution in [0.1, 0.15) is 10.6 Å². The van der Waals surface area contributed by atoms with Crippen LogP contribution in [0.4, 0.5) is 0 Å². The molecule has 2 heterocycles. The first kappa shape index (κ1) is 10.9. The average Bonchev–Trinajstić information content (AvgIpc) is 2.92. The highest BCUT2D eigenvalue weighted by atomic mass is 32.1. The number of hydrogen-bond acceptors (Lipinski definition) is 4. The summed E-state index contributed by atoms with van der Waals surface area (Å²) in [5.74, 6) is 0. The highest BCUT2D eigenvalue weighted by Gasteiger charge is 2.12. The zero-order valence-corrected chi connectivity index (χ0v) is 11.1. The summed E-state index contributed by atoms with van der Waals surface area (Å²) >= 11 is 3.47. The molecule has 86 valence electrons. The first-order valence-corrected chi connectivity index (χ1v) is 7.12. The lowest BCUT2D eigenvalue weighted by Gasteiger charge is -1.93. The largest absolute Gasteiger partial charge is 0.326 e. The van der Waals surface area contributed by atoms with E-state index in [4.69, 9.17) is 5.73 Å². The Kier molecular flexibility index (Phi) is 2.70. The van der Waals surface area contributed by atoms with E-state index in [-0.39, 0.29) is 0 Å². The molecular formula is C13H12N2S2. The highest BCUT2D eigenvalue weighted by molar-refractivity contribution is 7.19. The van der Waals surface area contributed by atoms with Crippen molar-refractivity contribution < 1.29 is 0 Å². The molecule has 0 fully saturated rings. The van der Waals surface area contributed by atoms with Crippen LogP contribution in [-0.2, 0) is 6.54 Å². The summed E-state index contributed by atoms with van der Waals surface area (Å²) in [6, 6.07) is 8.44. The normalized spacial score (nSPS) is 11.2. The molecule has 0 unspecified atom stereocenters. The van der Waals surface area contributed by atoms with E-state index >= 15 is 0 Å². The highest BCUT2D eigenvalue weighted by Crippen LogP contribution is 2.36. The van der Waals surface area contributed by atoms with E-state index in [9.17, 15) is 0 Å². The molecule has 2 N–H and O–H groups in total. The predicted octanol–water partition coefficient (Wildman–Crippen LogP) is 3.79. The Morgan fingerprint density at radius 1 is 1.29 bits per heavy atom. The van der Waals surface area contributed by atoms with Crippen LogP contribution in [0.2, 0.25) is 0 Å². The number of nitrogens with two attached hydrogens (primary N) is 1. The number of aromatic nitrogens is 1. The Hall–Kier alpha value is -1.23. The average molecular weight is 260 g/mol. The minimum Gasteiger partial charge on any atom is -0.326 e. The van der Waals surface area contributed by atoms with E-state index in [1.807, 2.05) is 6.92 Å². The fourth-order valence-corrected chi connectivity index (χ4v) is 3.87. The van der Waals surface area contributed by atoms with Gasteiger partial charge in [0.15, 0.2) is 0 Å². The summed E-state index contributed by atoms with van der Waals surface area (Å²) in [4.78, 5) is 5.80. The van der Waals surface area contributed by atoms with Gasteiger partial charge in [-0.15, -0.1) is 22.7 Å². The van der Waals surface area contributed by atoms with Gasteiger partial charge in [-0.25, -0.2) is 4.98 Å². The van der Waals surface area contributed by atoms with Gasteiger partial charge in [0.2, 0.25) is 0 Å². The molecule has 0 aliphatic rings. The second-order valence-electron chi connectivity index (χ2n) is 3.88. The van der Waals surface area contributed by atoms with Crippen LogP contribution in [0.3, 0.4) is 0 Å². The van der Waals surface area contributed by atoms with Gasteiger partial charge < -0.3 is 5.73 Å². The number of thiophene rings is 1. The molecule has 0 radical (unpaired) electrons. The van der Waals surface area contributed by atoms with Gasteiger partial charge in [0.25, 0.3) is 0 Å². The van der Waals surface area contributed by atoms with E-state index in [2.05, 4.69) is 34.6 Å². The Labute approximate surface area is 108 Å². The molecule has 0 aliphatic carbocycles. The Morgan fingerprint density at radius 2 is 2.12 bits per heavy atom. The van der Waals surface area contributed by atoms with Crippen molar-refractivity contribution in [3.05, 3.63) is 40.2 Å². The lowest BCUT2D eigenvalue weighted by atomic mass is 10.2. The molecule has 4 heteroatoms. The SMILES string of the molecule is Cc1nc(-c2csc3ccccc23)sc1CN. The van der Waals surface area contributed by atoms with Crippen molar-refractivity contribution in [3.8, 4) is 10.6 Å². The number of rotatable bonds is 2. The smallest absolute Gasteiger partial charge is 0.125 e.